The molecule has 15 heavy (non-hydrogen) atoms. The summed E-state index contributed by atoms with van der Waals surface area (Å²) in [6.07, 6.45) is 2.79. The molecule has 0 amide bonds. The zero-order valence-electron chi connectivity index (χ0n) is 8.94. The van der Waals surface area contributed by atoms with Gasteiger partial charge in [-0.1, -0.05) is 31.2 Å². The first-order chi connectivity index (χ1) is 7.15. The van der Waals surface area contributed by atoms with E-state index in [1.807, 2.05) is 24.3 Å². The average molecular weight is 224 g/mol. The van der Waals surface area contributed by atoms with Gasteiger partial charge in [0.1, 0.15) is 0 Å². The lowest BCUT2D eigenvalue weighted by molar-refractivity contribution is 0.561. The summed E-state index contributed by atoms with van der Waals surface area (Å²) >= 11 is 0. The standard InChI is InChI=1S/C12H16O2S/c1-2-15(13,14)12-9-5-7-10-6-3-4-8-11(10)12/h3-4,6,8,12H,2,5,7,9H2,1H3. The second-order valence-corrected chi connectivity index (χ2v) is 6.50. The summed E-state index contributed by atoms with van der Waals surface area (Å²) in [5.41, 5.74) is 2.25. The van der Waals surface area contributed by atoms with Crippen molar-refractivity contribution in [2.24, 2.45) is 0 Å². The topological polar surface area (TPSA) is 34.1 Å². The molecule has 0 fully saturated rings. The van der Waals surface area contributed by atoms with Crippen LogP contribution >= 0.6 is 0 Å². The number of rotatable bonds is 2. The van der Waals surface area contributed by atoms with Crippen LogP contribution in [0.15, 0.2) is 24.3 Å². The largest absolute Gasteiger partial charge is 0.228 e. The molecular formula is C12H16O2S. The van der Waals surface area contributed by atoms with Gasteiger partial charge in [0.05, 0.1) is 5.25 Å². The third kappa shape index (κ3) is 1.93. The summed E-state index contributed by atoms with van der Waals surface area (Å²) < 4.78 is 23.8. The number of benzene rings is 1. The first-order valence-corrected chi connectivity index (χ1v) is 7.16. The van der Waals surface area contributed by atoms with Crippen molar-refractivity contribution in [1.82, 2.24) is 0 Å². The molecule has 1 aliphatic carbocycles. The molecule has 1 aromatic carbocycles. The fourth-order valence-electron chi connectivity index (χ4n) is 2.28. The molecule has 1 unspecified atom stereocenters. The van der Waals surface area contributed by atoms with E-state index in [9.17, 15) is 8.42 Å². The summed E-state index contributed by atoms with van der Waals surface area (Å²) in [7, 11) is -2.93. The average Bonchev–Trinajstić information content (AvgIpc) is 2.28. The van der Waals surface area contributed by atoms with Crippen LogP contribution in [0.5, 0.6) is 0 Å². The molecule has 0 saturated heterocycles. The fourth-order valence-corrected chi connectivity index (χ4v) is 3.83. The zero-order valence-corrected chi connectivity index (χ0v) is 9.76. The molecule has 2 nitrogen and oxygen atoms in total. The minimum Gasteiger partial charge on any atom is -0.228 e. The van der Waals surface area contributed by atoms with Crippen LogP contribution < -0.4 is 0 Å². The van der Waals surface area contributed by atoms with Gasteiger partial charge in [0, 0.05) is 5.75 Å². The predicted molar refractivity (Wildman–Crippen MR) is 61.6 cm³/mol. The maximum absolute atomic E-state index is 11.9. The van der Waals surface area contributed by atoms with E-state index in [4.69, 9.17) is 0 Å². The highest BCUT2D eigenvalue weighted by Crippen LogP contribution is 2.35. The van der Waals surface area contributed by atoms with Crippen molar-refractivity contribution in [3.8, 4) is 0 Å². The lowest BCUT2D eigenvalue weighted by atomic mass is 9.91. The van der Waals surface area contributed by atoms with Gasteiger partial charge in [-0.2, -0.15) is 0 Å². The Labute approximate surface area is 91.2 Å². The van der Waals surface area contributed by atoms with E-state index in [2.05, 4.69) is 0 Å². The Hall–Kier alpha value is -0.830. The highest BCUT2D eigenvalue weighted by atomic mass is 32.2. The SMILES string of the molecule is CCS(=O)(=O)C1CCCc2ccccc21. The van der Waals surface area contributed by atoms with E-state index in [1.165, 1.54) is 5.56 Å². The monoisotopic (exact) mass is 224 g/mol. The van der Waals surface area contributed by atoms with Crippen LogP contribution in [0.4, 0.5) is 0 Å². The van der Waals surface area contributed by atoms with Crippen LogP contribution in [0.2, 0.25) is 0 Å². The molecule has 0 aromatic heterocycles. The van der Waals surface area contributed by atoms with E-state index in [0.717, 1.165) is 24.8 Å². The Balaban J connectivity index is 2.47. The van der Waals surface area contributed by atoms with Crippen LogP contribution in [0, 0.1) is 0 Å². The predicted octanol–water partition coefficient (Wildman–Crippen LogP) is 2.50. The van der Waals surface area contributed by atoms with E-state index in [0.29, 0.717) is 0 Å². The number of fused-ring (bicyclic) bond motifs is 1. The lowest BCUT2D eigenvalue weighted by Crippen LogP contribution is -2.20. The number of sulfone groups is 1. The molecule has 0 radical (unpaired) electrons. The van der Waals surface area contributed by atoms with E-state index < -0.39 is 9.84 Å². The molecule has 3 heteroatoms. The summed E-state index contributed by atoms with van der Waals surface area (Å²) in [5.74, 6) is 0.242. The molecule has 0 aliphatic heterocycles. The van der Waals surface area contributed by atoms with Crippen molar-refractivity contribution in [3.63, 3.8) is 0 Å². The molecule has 2 rings (SSSR count). The normalized spacial score (nSPS) is 21.0. The number of hydrogen-bond donors (Lipinski definition) is 0. The van der Waals surface area contributed by atoms with Gasteiger partial charge in [-0.15, -0.1) is 0 Å². The molecule has 0 N–H and O–H groups in total. The Morgan fingerprint density at radius 2 is 2.07 bits per heavy atom. The molecular weight excluding hydrogens is 208 g/mol. The maximum Gasteiger partial charge on any atom is 0.157 e. The van der Waals surface area contributed by atoms with Crippen molar-refractivity contribution in [2.75, 3.05) is 5.75 Å². The van der Waals surface area contributed by atoms with Crippen LogP contribution in [-0.2, 0) is 16.3 Å². The van der Waals surface area contributed by atoms with Gasteiger partial charge in [-0.05, 0) is 30.4 Å². The smallest absolute Gasteiger partial charge is 0.157 e. The van der Waals surface area contributed by atoms with E-state index in [-0.39, 0.29) is 11.0 Å². The van der Waals surface area contributed by atoms with Gasteiger partial charge in [-0.3, -0.25) is 0 Å². The van der Waals surface area contributed by atoms with Gasteiger partial charge >= 0.3 is 0 Å². The van der Waals surface area contributed by atoms with Crippen LogP contribution in [0.3, 0.4) is 0 Å². The van der Waals surface area contributed by atoms with Crippen molar-refractivity contribution in [3.05, 3.63) is 35.4 Å². The van der Waals surface area contributed by atoms with Gasteiger partial charge in [-0.25, -0.2) is 8.42 Å². The minimum absolute atomic E-state index is 0.242. The first-order valence-electron chi connectivity index (χ1n) is 5.44. The van der Waals surface area contributed by atoms with Crippen LogP contribution in [0.1, 0.15) is 36.1 Å². The molecule has 1 aromatic rings. The summed E-state index contributed by atoms with van der Waals surface area (Å²) in [6.45, 7) is 1.73. The van der Waals surface area contributed by atoms with Gasteiger partial charge in [0.2, 0.25) is 0 Å². The molecule has 1 atom stereocenters. The molecule has 0 saturated carbocycles. The zero-order chi connectivity index (χ0) is 10.9. The lowest BCUT2D eigenvalue weighted by Gasteiger charge is -2.24. The van der Waals surface area contributed by atoms with Crippen molar-refractivity contribution in [1.29, 1.82) is 0 Å². The fraction of sp³-hybridized carbons (Fsp3) is 0.500. The van der Waals surface area contributed by atoms with Gasteiger partial charge in [0.25, 0.3) is 0 Å². The molecule has 82 valence electrons. The van der Waals surface area contributed by atoms with Crippen molar-refractivity contribution < 1.29 is 8.42 Å². The Kier molecular flexibility index (Phi) is 2.83. The van der Waals surface area contributed by atoms with Crippen LogP contribution in [0.25, 0.3) is 0 Å². The molecule has 0 heterocycles. The Morgan fingerprint density at radius 3 is 2.80 bits per heavy atom. The highest BCUT2D eigenvalue weighted by Gasteiger charge is 2.29. The summed E-state index contributed by atoms with van der Waals surface area (Å²) in [4.78, 5) is 0. The Bertz CT molecular complexity index is 448. The quantitative estimate of drug-likeness (QED) is 0.773. The summed E-state index contributed by atoms with van der Waals surface area (Å²) in [6, 6.07) is 7.93. The number of hydrogen-bond acceptors (Lipinski definition) is 2. The molecule has 0 spiro atoms. The molecule has 0 bridgehead atoms. The highest BCUT2D eigenvalue weighted by molar-refractivity contribution is 7.91. The van der Waals surface area contributed by atoms with Crippen molar-refractivity contribution in [2.45, 2.75) is 31.4 Å². The summed E-state index contributed by atoms with van der Waals surface area (Å²) in [5, 5.41) is -0.257. The van der Waals surface area contributed by atoms with Gasteiger partial charge < -0.3 is 0 Å². The maximum atomic E-state index is 11.9. The van der Waals surface area contributed by atoms with Gasteiger partial charge in [0.15, 0.2) is 9.84 Å². The minimum atomic E-state index is -2.93. The second-order valence-electron chi connectivity index (χ2n) is 4.03. The first kappa shape index (κ1) is 10.7. The Morgan fingerprint density at radius 1 is 1.33 bits per heavy atom. The third-order valence-electron chi connectivity index (χ3n) is 3.15. The molecule has 1 aliphatic rings. The van der Waals surface area contributed by atoms with E-state index >= 15 is 0 Å². The second kappa shape index (κ2) is 3.97. The number of aryl methyl sites for hydroxylation is 1. The van der Waals surface area contributed by atoms with Crippen LogP contribution in [-0.4, -0.2) is 14.2 Å². The van der Waals surface area contributed by atoms with E-state index in [1.54, 1.807) is 6.92 Å². The van der Waals surface area contributed by atoms with Crippen molar-refractivity contribution >= 4 is 9.84 Å². The third-order valence-corrected chi connectivity index (χ3v) is 5.31.